The van der Waals surface area contributed by atoms with Gasteiger partial charge in [0.25, 0.3) is 0 Å². The van der Waals surface area contributed by atoms with Crippen molar-refractivity contribution in [1.29, 1.82) is 0 Å². The summed E-state index contributed by atoms with van der Waals surface area (Å²) in [7, 11) is 0. The molecular formula is C7H9N2. The highest BCUT2D eigenvalue weighted by atomic mass is 14.7. The van der Waals surface area contributed by atoms with E-state index in [-0.39, 0.29) is 6.04 Å². The summed E-state index contributed by atoms with van der Waals surface area (Å²) in [4.78, 5) is 3.89. The average molecular weight is 121 g/mol. The SMILES string of the molecule is CC([NH])c1cccnc1. The summed E-state index contributed by atoms with van der Waals surface area (Å²) in [6, 6.07) is 3.60. The molecular weight excluding hydrogens is 112 g/mol. The van der Waals surface area contributed by atoms with Crippen molar-refractivity contribution in [2.24, 2.45) is 0 Å². The maximum Gasteiger partial charge on any atom is 0.0449 e. The largest absolute Gasteiger partial charge is 0.264 e. The zero-order chi connectivity index (χ0) is 6.69. The molecule has 1 N–H and O–H groups in total. The van der Waals surface area contributed by atoms with Crippen molar-refractivity contribution >= 4 is 0 Å². The van der Waals surface area contributed by atoms with E-state index in [9.17, 15) is 0 Å². The minimum atomic E-state index is -0.154. The number of rotatable bonds is 1. The monoisotopic (exact) mass is 121 g/mol. The predicted octanol–water partition coefficient (Wildman–Crippen LogP) is 1.43. The second-order valence-corrected chi connectivity index (χ2v) is 2.01. The summed E-state index contributed by atoms with van der Waals surface area (Å²) in [6.07, 6.45) is 3.43. The molecule has 2 nitrogen and oxygen atoms in total. The van der Waals surface area contributed by atoms with E-state index >= 15 is 0 Å². The Hall–Kier alpha value is -0.890. The van der Waals surface area contributed by atoms with E-state index in [1.807, 2.05) is 19.1 Å². The Morgan fingerprint density at radius 1 is 1.67 bits per heavy atom. The molecule has 1 aromatic rings. The smallest absolute Gasteiger partial charge is 0.0449 e. The molecule has 0 bridgehead atoms. The topological polar surface area (TPSA) is 36.7 Å². The van der Waals surface area contributed by atoms with Gasteiger partial charge >= 0.3 is 0 Å². The Morgan fingerprint density at radius 3 is 2.78 bits per heavy atom. The van der Waals surface area contributed by atoms with Gasteiger partial charge in [0.15, 0.2) is 0 Å². The molecule has 0 amide bonds. The van der Waals surface area contributed by atoms with Gasteiger partial charge in [-0.25, -0.2) is 5.73 Å². The summed E-state index contributed by atoms with van der Waals surface area (Å²) >= 11 is 0. The van der Waals surface area contributed by atoms with Crippen molar-refractivity contribution in [3.63, 3.8) is 0 Å². The van der Waals surface area contributed by atoms with Gasteiger partial charge in [-0.05, 0) is 18.6 Å². The van der Waals surface area contributed by atoms with Gasteiger partial charge in [-0.15, -0.1) is 0 Å². The highest BCUT2D eigenvalue weighted by molar-refractivity contribution is 5.11. The van der Waals surface area contributed by atoms with Gasteiger partial charge in [0.2, 0.25) is 0 Å². The van der Waals surface area contributed by atoms with Gasteiger partial charge in [0.1, 0.15) is 0 Å². The summed E-state index contributed by atoms with van der Waals surface area (Å²) < 4.78 is 0. The molecule has 9 heavy (non-hydrogen) atoms. The number of hydrogen-bond acceptors (Lipinski definition) is 1. The Balaban J connectivity index is 2.85. The van der Waals surface area contributed by atoms with Gasteiger partial charge in [-0.1, -0.05) is 6.07 Å². The summed E-state index contributed by atoms with van der Waals surface area (Å²) in [5.41, 5.74) is 8.25. The van der Waals surface area contributed by atoms with Crippen LogP contribution in [0.15, 0.2) is 24.5 Å². The van der Waals surface area contributed by atoms with E-state index < -0.39 is 0 Å². The van der Waals surface area contributed by atoms with Crippen molar-refractivity contribution in [3.05, 3.63) is 30.1 Å². The van der Waals surface area contributed by atoms with Crippen molar-refractivity contribution in [3.8, 4) is 0 Å². The standard InChI is InChI=1S/C7H9N2/c1-6(8)7-3-2-4-9-5-7/h2-6,8H,1H3. The lowest BCUT2D eigenvalue weighted by Crippen LogP contribution is -1.92. The Bertz CT molecular complexity index is 170. The third kappa shape index (κ3) is 1.50. The maximum absolute atomic E-state index is 7.28. The van der Waals surface area contributed by atoms with Crippen LogP contribution in [0.3, 0.4) is 0 Å². The first-order valence-corrected chi connectivity index (χ1v) is 2.92. The van der Waals surface area contributed by atoms with E-state index in [0.717, 1.165) is 5.56 Å². The third-order valence-electron chi connectivity index (χ3n) is 1.18. The quantitative estimate of drug-likeness (QED) is 0.553. The average Bonchev–Trinajstić information content (AvgIpc) is 1.90. The maximum atomic E-state index is 7.28. The van der Waals surface area contributed by atoms with Crippen LogP contribution in [0, 0.1) is 0 Å². The molecule has 0 saturated carbocycles. The highest BCUT2D eigenvalue weighted by Crippen LogP contribution is 2.06. The summed E-state index contributed by atoms with van der Waals surface area (Å²) in [6.45, 7) is 1.83. The lowest BCUT2D eigenvalue weighted by atomic mass is 10.2. The molecule has 0 aliphatic rings. The van der Waals surface area contributed by atoms with Crippen LogP contribution >= 0.6 is 0 Å². The first-order chi connectivity index (χ1) is 4.30. The number of aromatic nitrogens is 1. The molecule has 0 spiro atoms. The lowest BCUT2D eigenvalue weighted by Gasteiger charge is -2.00. The Kier molecular flexibility index (Phi) is 1.80. The number of nitrogens with one attached hydrogen (secondary N) is 1. The second kappa shape index (κ2) is 2.60. The molecule has 2 heteroatoms. The summed E-state index contributed by atoms with van der Waals surface area (Å²) in [5, 5.41) is 0. The predicted molar refractivity (Wildman–Crippen MR) is 35.7 cm³/mol. The molecule has 1 radical (unpaired) electrons. The molecule has 1 atom stereocenters. The Morgan fingerprint density at radius 2 is 2.44 bits per heavy atom. The highest BCUT2D eigenvalue weighted by Gasteiger charge is 1.95. The van der Waals surface area contributed by atoms with E-state index in [2.05, 4.69) is 4.98 Å². The number of hydrogen-bond donors (Lipinski definition) is 0. The summed E-state index contributed by atoms with van der Waals surface area (Å²) in [5.74, 6) is 0. The van der Waals surface area contributed by atoms with Gasteiger partial charge < -0.3 is 0 Å². The normalized spacial score (nSPS) is 13.1. The minimum absolute atomic E-state index is 0.154. The van der Waals surface area contributed by atoms with Gasteiger partial charge in [-0.2, -0.15) is 0 Å². The lowest BCUT2D eigenvalue weighted by molar-refractivity contribution is 0.782. The Labute approximate surface area is 54.7 Å². The van der Waals surface area contributed by atoms with E-state index in [0.29, 0.717) is 0 Å². The second-order valence-electron chi connectivity index (χ2n) is 2.01. The molecule has 1 aromatic heterocycles. The first-order valence-electron chi connectivity index (χ1n) is 2.92. The first kappa shape index (κ1) is 6.23. The van der Waals surface area contributed by atoms with Crippen LogP contribution < -0.4 is 5.73 Å². The van der Waals surface area contributed by atoms with E-state index in [1.54, 1.807) is 12.4 Å². The fourth-order valence-electron chi connectivity index (χ4n) is 0.632. The van der Waals surface area contributed by atoms with Crippen LogP contribution in [-0.2, 0) is 0 Å². The van der Waals surface area contributed by atoms with Gasteiger partial charge in [-0.3, -0.25) is 4.98 Å². The van der Waals surface area contributed by atoms with Crippen molar-refractivity contribution < 1.29 is 0 Å². The van der Waals surface area contributed by atoms with Crippen LogP contribution in [0.2, 0.25) is 0 Å². The molecule has 47 valence electrons. The van der Waals surface area contributed by atoms with Crippen LogP contribution in [-0.4, -0.2) is 4.98 Å². The van der Waals surface area contributed by atoms with Crippen molar-refractivity contribution in [1.82, 2.24) is 10.7 Å². The third-order valence-corrected chi connectivity index (χ3v) is 1.18. The van der Waals surface area contributed by atoms with Gasteiger partial charge in [0, 0.05) is 18.4 Å². The molecule has 0 fully saturated rings. The molecule has 1 rings (SSSR count). The fourth-order valence-corrected chi connectivity index (χ4v) is 0.632. The van der Waals surface area contributed by atoms with Crippen molar-refractivity contribution in [2.45, 2.75) is 13.0 Å². The number of pyridine rings is 1. The molecule has 0 aliphatic heterocycles. The van der Waals surface area contributed by atoms with E-state index in [4.69, 9.17) is 5.73 Å². The molecule has 0 aromatic carbocycles. The molecule has 0 saturated heterocycles. The van der Waals surface area contributed by atoms with Crippen LogP contribution in [0.1, 0.15) is 18.5 Å². The van der Waals surface area contributed by atoms with Crippen LogP contribution in [0.5, 0.6) is 0 Å². The zero-order valence-electron chi connectivity index (χ0n) is 5.33. The van der Waals surface area contributed by atoms with Crippen LogP contribution in [0.4, 0.5) is 0 Å². The van der Waals surface area contributed by atoms with E-state index in [1.165, 1.54) is 0 Å². The van der Waals surface area contributed by atoms with Gasteiger partial charge in [0.05, 0.1) is 0 Å². The van der Waals surface area contributed by atoms with Crippen molar-refractivity contribution in [2.75, 3.05) is 0 Å². The molecule has 1 unspecified atom stereocenters. The number of nitrogens with zero attached hydrogens (tertiary/aromatic N) is 1. The minimum Gasteiger partial charge on any atom is -0.264 e. The fraction of sp³-hybridized carbons (Fsp3) is 0.286. The van der Waals surface area contributed by atoms with Crippen LogP contribution in [0.25, 0.3) is 0 Å². The zero-order valence-corrected chi connectivity index (χ0v) is 5.33. The molecule has 1 heterocycles. The molecule has 0 aliphatic carbocycles.